The average molecular weight is 475 g/mol. The second-order valence-electron chi connectivity index (χ2n) is 7.53. The Bertz CT molecular complexity index is 1390. The van der Waals surface area contributed by atoms with E-state index < -0.39 is 23.7 Å². The molecule has 2 amide bonds. The number of thiophene rings is 1. The number of alkyl halides is 3. The molecule has 0 spiro atoms. The SMILES string of the molecule is NC(=O)c1c(NC(=O)c2cc3nc(-c4ccco4)cc(C(F)(F)F)n3n2)sc2c1CCCC2. The molecule has 0 aromatic carbocycles. The molecule has 8 nitrogen and oxygen atoms in total. The van der Waals surface area contributed by atoms with Gasteiger partial charge in [0.2, 0.25) is 0 Å². The fourth-order valence-corrected chi connectivity index (χ4v) is 5.21. The monoisotopic (exact) mass is 475 g/mol. The number of hydrogen-bond donors (Lipinski definition) is 2. The maximum Gasteiger partial charge on any atom is 0.433 e. The Labute approximate surface area is 188 Å². The Balaban J connectivity index is 1.55. The largest absolute Gasteiger partial charge is 0.463 e. The van der Waals surface area contributed by atoms with Crippen LogP contribution in [0.1, 0.15) is 49.8 Å². The molecular weight excluding hydrogens is 459 g/mol. The molecule has 1 aliphatic carbocycles. The molecule has 1 aliphatic rings. The number of aromatic nitrogens is 3. The van der Waals surface area contributed by atoms with E-state index in [9.17, 15) is 22.8 Å². The van der Waals surface area contributed by atoms with Crippen LogP contribution in [0.4, 0.5) is 18.2 Å². The van der Waals surface area contributed by atoms with Crippen LogP contribution in [0.5, 0.6) is 0 Å². The van der Waals surface area contributed by atoms with Crippen LogP contribution in [0.15, 0.2) is 34.9 Å². The number of halogens is 3. The number of primary amides is 1. The lowest BCUT2D eigenvalue weighted by Gasteiger charge is -2.11. The third kappa shape index (κ3) is 3.75. The summed E-state index contributed by atoms with van der Waals surface area (Å²) in [4.78, 5) is 30.1. The van der Waals surface area contributed by atoms with Crippen molar-refractivity contribution < 1.29 is 27.2 Å². The first-order chi connectivity index (χ1) is 15.7. The summed E-state index contributed by atoms with van der Waals surface area (Å²) >= 11 is 1.25. The van der Waals surface area contributed by atoms with Gasteiger partial charge in [0.1, 0.15) is 10.7 Å². The lowest BCUT2D eigenvalue weighted by Crippen LogP contribution is -2.19. The highest BCUT2D eigenvalue weighted by molar-refractivity contribution is 7.17. The van der Waals surface area contributed by atoms with Crippen molar-refractivity contribution in [3.63, 3.8) is 0 Å². The lowest BCUT2D eigenvalue weighted by molar-refractivity contribution is -0.142. The van der Waals surface area contributed by atoms with Crippen molar-refractivity contribution in [3.8, 4) is 11.5 Å². The van der Waals surface area contributed by atoms with Gasteiger partial charge in [-0.25, -0.2) is 9.50 Å². The maximum atomic E-state index is 13.7. The van der Waals surface area contributed by atoms with Gasteiger partial charge in [0, 0.05) is 10.9 Å². The fourth-order valence-electron chi connectivity index (χ4n) is 3.92. The Morgan fingerprint density at radius 1 is 1.21 bits per heavy atom. The number of nitrogens with two attached hydrogens (primary N) is 1. The maximum absolute atomic E-state index is 13.7. The average Bonchev–Trinajstić information content (AvgIpc) is 3.49. The predicted molar refractivity (Wildman–Crippen MR) is 113 cm³/mol. The third-order valence-electron chi connectivity index (χ3n) is 5.37. The molecule has 12 heteroatoms. The van der Waals surface area contributed by atoms with Gasteiger partial charge in [-0.1, -0.05) is 0 Å². The Hall–Kier alpha value is -3.67. The zero-order chi connectivity index (χ0) is 23.3. The predicted octanol–water partition coefficient (Wildman–Crippen LogP) is 4.30. The van der Waals surface area contributed by atoms with Crippen LogP contribution in [0, 0.1) is 0 Å². The minimum absolute atomic E-state index is 0.0476. The molecule has 0 saturated carbocycles. The fraction of sp³-hybridized carbons (Fsp3) is 0.238. The molecule has 0 radical (unpaired) electrons. The first kappa shape index (κ1) is 21.2. The normalized spacial score (nSPS) is 13.8. The first-order valence-corrected chi connectivity index (χ1v) is 10.8. The summed E-state index contributed by atoms with van der Waals surface area (Å²) < 4.78 is 46.8. The number of fused-ring (bicyclic) bond motifs is 2. The van der Waals surface area contributed by atoms with E-state index in [4.69, 9.17) is 10.2 Å². The van der Waals surface area contributed by atoms with Gasteiger partial charge >= 0.3 is 6.18 Å². The Morgan fingerprint density at radius 2 is 2.00 bits per heavy atom. The highest BCUT2D eigenvalue weighted by Crippen LogP contribution is 2.38. The number of carbonyl (C=O) groups excluding carboxylic acids is 2. The van der Waals surface area contributed by atoms with Gasteiger partial charge in [-0.3, -0.25) is 9.59 Å². The van der Waals surface area contributed by atoms with Gasteiger partial charge in [-0.05, 0) is 49.4 Å². The highest BCUT2D eigenvalue weighted by Gasteiger charge is 2.36. The number of anilines is 1. The zero-order valence-corrected chi connectivity index (χ0v) is 17.7. The lowest BCUT2D eigenvalue weighted by atomic mass is 9.95. The van der Waals surface area contributed by atoms with Crippen molar-refractivity contribution in [3.05, 3.63) is 57.9 Å². The van der Waals surface area contributed by atoms with Gasteiger partial charge in [0.25, 0.3) is 11.8 Å². The van der Waals surface area contributed by atoms with Crippen LogP contribution >= 0.6 is 11.3 Å². The van der Waals surface area contributed by atoms with Crippen molar-refractivity contribution >= 4 is 33.8 Å². The molecule has 3 N–H and O–H groups in total. The third-order valence-corrected chi connectivity index (χ3v) is 6.58. The van der Waals surface area contributed by atoms with Crippen LogP contribution in [0.3, 0.4) is 0 Å². The van der Waals surface area contributed by atoms with E-state index in [1.807, 2.05) is 0 Å². The molecule has 4 aromatic heterocycles. The van der Waals surface area contributed by atoms with Gasteiger partial charge in [-0.2, -0.15) is 18.3 Å². The van der Waals surface area contributed by atoms with Crippen LogP contribution in [-0.4, -0.2) is 26.4 Å². The number of nitrogens with zero attached hydrogens (tertiary/aromatic N) is 3. The minimum Gasteiger partial charge on any atom is -0.463 e. The first-order valence-electron chi connectivity index (χ1n) is 10.00. The summed E-state index contributed by atoms with van der Waals surface area (Å²) in [5.41, 5.74) is 5.00. The van der Waals surface area contributed by atoms with Crippen molar-refractivity contribution in [1.82, 2.24) is 14.6 Å². The number of aryl methyl sites for hydroxylation is 1. The van der Waals surface area contributed by atoms with E-state index >= 15 is 0 Å². The van der Waals surface area contributed by atoms with Crippen LogP contribution in [0.25, 0.3) is 17.1 Å². The van der Waals surface area contributed by atoms with E-state index in [2.05, 4.69) is 15.4 Å². The van der Waals surface area contributed by atoms with Gasteiger partial charge < -0.3 is 15.5 Å². The second kappa shape index (κ2) is 7.73. The van der Waals surface area contributed by atoms with Gasteiger partial charge in [0.15, 0.2) is 22.8 Å². The van der Waals surface area contributed by atoms with Gasteiger partial charge in [-0.15, -0.1) is 11.3 Å². The van der Waals surface area contributed by atoms with Crippen molar-refractivity contribution in [2.45, 2.75) is 31.9 Å². The summed E-state index contributed by atoms with van der Waals surface area (Å²) in [6.45, 7) is 0. The molecule has 0 bridgehead atoms. The summed E-state index contributed by atoms with van der Waals surface area (Å²) in [5.74, 6) is -1.29. The quantitative estimate of drug-likeness (QED) is 0.457. The number of amides is 2. The van der Waals surface area contributed by atoms with Crippen LogP contribution < -0.4 is 11.1 Å². The second-order valence-corrected chi connectivity index (χ2v) is 8.64. The molecule has 0 atom stereocenters. The summed E-state index contributed by atoms with van der Waals surface area (Å²) in [6, 6.07) is 4.96. The van der Waals surface area contributed by atoms with Crippen molar-refractivity contribution in [2.24, 2.45) is 5.73 Å². The molecule has 5 rings (SSSR count). The van der Waals surface area contributed by atoms with E-state index in [1.54, 1.807) is 0 Å². The molecule has 0 unspecified atom stereocenters. The smallest absolute Gasteiger partial charge is 0.433 e. The number of furan rings is 1. The molecule has 4 aromatic rings. The van der Waals surface area contributed by atoms with Crippen LogP contribution in [-0.2, 0) is 19.0 Å². The molecule has 170 valence electrons. The topological polar surface area (TPSA) is 116 Å². The molecule has 0 aliphatic heterocycles. The van der Waals surface area contributed by atoms with E-state index in [0.29, 0.717) is 10.9 Å². The van der Waals surface area contributed by atoms with Crippen molar-refractivity contribution in [2.75, 3.05) is 5.32 Å². The molecular formula is C21H16F3N5O3S. The Morgan fingerprint density at radius 3 is 2.70 bits per heavy atom. The number of carbonyl (C=O) groups is 2. The highest BCUT2D eigenvalue weighted by atomic mass is 32.1. The van der Waals surface area contributed by atoms with E-state index in [0.717, 1.165) is 41.8 Å². The summed E-state index contributed by atoms with van der Waals surface area (Å²) in [6.07, 6.45) is -0.0974. The van der Waals surface area contributed by atoms with Gasteiger partial charge in [0.05, 0.1) is 11.8 Å². The van der Waals surface area contributed by atoms with Crippen LogP contribution in [0.2, 0.25) is 0 Å². The van der Waals surface area contributed by atoms with E-state index in [1.165, 1.54) is 29.7 Å². The molecule has 0 saturated heterocycles. The number of hydrogen-bond acceptors (Lipinski definition) is 6. The summed E-state index contributed by atoms with van der Waals surface area (Å²) in [7, 11) is 0. The minimum atomic E-state index is -4.76. The zero-order valence-electron chi connectivity index (χ0n) is 16.9. The van der Waals surface area contributed by atoms with E-state index in [-0.39, 0.29) is 33.4 Å². The standard InChI is InChI=1S/C21H16F3N5O3S/c22-21(23,24)15-8-11(13-5-3-7-32-13)26-16-9-12(28-29(15)16)19(31)27-20-17(18(25)30)10-4-1-2-6-14(10)33-20/h3,5,7-9H,1-2,4,6H2,(H2,25,30)(H,27,31). The Kier molecular flexibility index (Phi) is 4.96. The molecule has 33 heavy (non-hydrogen) atoms. The van der Waals surface area contributed by atoms with Crippen molar-refractivity contribution in [1.29, 1.82) is 0 Å². The molecule has 4 heterocycles. The number of nitrogens with one attached hydrogen (secondary N) is 1. The molecule has 0 fully saturated rings. The summed E-state index contributed by atoms with van der Waals surface area (Å²) in [5, 5.41) is 6.71. The number of rotatable bonds is 4.